The highest BCUT2D eigenvalue weighted by Crippen LogP contribution is 2.33. The minimum atomic E-state index is -0.917. The third-order valence-electron chi connectivity index (χ3n) is 2.88. The highest BCUT2D eigenvalue weighted by Gasteiger charge is 2.11. The molecule has 2 aromatic carbocycles. The van der Waals surface area contributed by atoms with E-state index in [1.807, 2.05) is 36.4 Å². The first-order valence-corrected chi connectivity index (χ1v) is 6.76. The van der Waals surface area contributed by atoms with Crippen LogP contribution in [0.25, 0.3) is 10.8 Å². The molecule has 1 aromatic heterocycles. The number of carboxylic acid groups (broad SMARTS) is 1. The van der Waals surface area contributed by atoms with Crippen molar-refractivity contribution in [3.8, 4) is 0 Å². The molecule has 4 nitrogen and oxygen atoms in total. The summed E-state index contributed by atoms with van der Waals surface area (Å²) in [5.74, 6) is -0.917. The van der Waals surface area contributed by atoms with Crippen molar-refractivity contribution < 1.29 is 9.90 Å². The maximum absolute atomic E-state index is 11.3. The van der Waals surface area contributed by atoms with Gasteiger partial charge in [-0.25, -0.2) is 14.8 Å². The van der Waals surface area contributed by atoms with Crippen LogP contribution in [0.15, 0.2) is 64.9 Å². The van der Waals surface area contributed by atoms with Crippen LogP contribution in [0, 0.1) is 0 Å². The van der Waals surface area contributed by atoms with E-state index >= 15 is 0 Å². The Morgan fingerprint density at radius 1 is 1.05 bits per heavy atom. The molecular weight excluding hydrogens is 272 g/mol. The van der Waals surface area contributed by atoms with Crippen molar-refractivity contribution in [2.75, 3.05) is 0 Å². The number of hydrogen-bond acceptors (Lipinski definition) is 4. The maximum Gasteiger partial charge on any atom is 0.336 e. The number of rotatable bonds is 3. The first-order valence-electron chi connectivity index (χ1n) is 5.94. The van der Waals surface area contributed by atoms with Gasteiger partial charge < -0.3 is 5.11 Å². The summed E-state index contributed by atoms with van der Waals surface area (Å²) in [6, 6.07) is 12.8. The number of aromatic nitrogens is 2. The van der Waals surface area contributed by atoms with E-state index in [0.29, 0.717) is 5.56 Å². The maximum atomic E-state index is 11.3. The molecule has 1 N–H and O–H groups in total. The summed E-state index contributed by atoms with van der Waals surface area (Å²) in [7, 11) is 0. The van der Waals surface area contributed by atoms with Gasteiger partial charge >= 0.3 is 5.97 Å². The number of hydrogen-bond donors (Lipinski definition) is 1. The van der Waals surface area contributed by atoms with Crippen molar-refractivity contribution in [2.24, 2.45) is 0 Å². The van der Waals surface area contributed by atoms with Gasteiger partial charge in [-0.2, -0.15) is 0 Å². The van der Waals surface area contributed by atoms with Crippen molar-refractivity contribution in [2.45, 2.75) is 9.92 Å². The molecule has 0 saturated heterocycles. The molecule has 0 aliphatic heterocycles. The topological polar surface area (TPSA) is 63.1 Å². The molecule has 0 amide bonds. The number of fused-ring (bicyclic) bond motifs is 1. The molecule has 0 fully saturated rings. The first-order chi connectivity index (χ1) is 9.75. The Hall–Kier alpha value is -2.40. The van der Waals surface area contributed by atoms with E-state index in [1.165, 1.54) is 18.1 Å². The molecule has 3 aromatic rings. The molecule has 1 heterocycles. The molecule has 0 radical (unpaired) electrons. The van der Waals surface area contributed by atoms with Crippen LogP contribution in [0.4, 0.5) is 0 Å². The summed E-state index contributed by atoms with van der Waals surface area (Å²) in [6.45, 7) is 0. The third-order valence-corrected chi connectivity index (χ3v) is 3.91. The van der Waals surface area contributed by atoms with Gasteiger partial charge in [-0.1, -0.05) is 36.0 Å². The zero-order valence-electron chi connectivity index (χ0n) is 10.4. The SMILES string of the molecule is O=C(O)c1ccc(Sc2ccncn2)c2ccccc12. The van der Waals surface area contributed by atoms with E-state index in [9.17, 15) is 9.90 Å². The van der Waals surface area contributed by atoms with Crippen LogP contribution < -0.4 is 0 Å². The number of aromatic carboxylic acids is 1. The van der Waals surface area contributed by atoms with E-state index in [0.717, 1.165) is 20.7 Å². The summed E-state index contributed by atoms with van der Waals surface area (Å²) in [5.41, 5.74) is 0.313. The van der Waals surface area contributed by atoms with Crippen LogP contribution in [-0.2, 0) is 0 Å². The van der Waals surface area contributed by atoms with Gasteiger partial charge in [0, 0.05) is 11.1 Å². The van der Waals surface area contributed by atoms with E-state index in [4.69, 9.17) is 0 Å². The summed E-state index contributed by atoms with van der Waals surface area (Å²) < 4.78 is 0. The van der Waals surface area contributed by atoms with Crippen LogP contribution in [0.5, 0.6) is 0 Å². The smallest absolute Gasteiger partial charge is 0.336 e. The van der Waals surface area contributed by atoms with Gasteiger partial charge in [0.2, 0.25) is 0 Å². The van der Waals surface area contributed by atoms with E-state index in [1.54, 1.807) is 12.3 Å². The summed E-state index contributed by atoms with van der Waals surface area (Å²) in [4.78, 5) is 20.3. The minimum Gasteiger partial charge on any atom is -0.478 e. The van der Waals surface area contributed by atoms with Crippen molar-refractivity contribution in [1.29, 1.82) is 0 Å². The standard InChI is InChI=1S/C15H10N2O2S/c18-15(19)12-5-6-13(11-4-2-1-3-10(11)12)20-14-7-8-16-9-17-14/h1-9H,(H,18,19). The Morgan fingerprint density at radius 3 is 2.55 bits per heavy atom. The fraction of sp³-hybridized carbons (Fsp3) is 0. The average molecular weight is 282 g/mol. The molecule has 3 rings (SSSR count). The quantitative estimate of drug-likeness (QED) is 0.745. The Labute approximate surface area is 119 Å². The molecule has 0 aliphatic carbocycles. The lowest BCUT2D eigenvalue weighted by Crippen LogP contribution is -1.97. The highest BCUT2D eigenvalue weighted by molar-refractivity contribution is 7.99. The van der Waals surface area contributed by atoms with E-state index in [2.05, 4.69) is 9.97 Å². The van der Waals surface area contributed by atoms with Gasteiger partial charge in [0.15, 0.2) is 0 Å². The Balaban J connectivity index is 2.13. The molecular formula is C15H10N2O2S. The van der Waals surface area contributed by atoms with Crippen LogP contribution >= 0.6 is 11.8 Å². The molecule has 98 valence electrons. The van der Waals surface area contributed by atoms with E-state index < -0.39 is 5.97 Å². The number of carbonyl (C=O) groups is 1. The molecule has 0 aliphatic rings. The van der Waals surface area contributed by atoms with Crippen molar-refractivity contribution in [3.05, 3.63) is 60.6 Å². The third kappa shape index (κ3) is 2.35. The average Bonchev–Trinajstić information content (AvgIpc) is 2.48. The Kier molecular flexibility index (Phi) is 3.35. The molecule has 0 saturated carbocycles. The lowest BCUT2D eigenvalue weighted by Gasteiger charge is -2.08. The molecule has 0 spiro atoms. The monoisotopic (exact) mass is 282 g/mol. The lowest BCUT2D eigenvalue weighted by atomic mass is 10.0. The number of carboxylic acids is 1. The van der Waals surface area contributed by atoms with Gasteiger partial charge in [-0.15, -0.1) is 0 Å². The van der Waals surface area contributed by atoms with Crippen molar-refractivity contribution in [1.82, 2.24) is 9.97 Å². The fourth-order valence-electron chi connectivity index (χ4n) is 2.00. The second kappa shape index (κ2) is 5.30. The minimum absolute atomic E-state index is 0.313. The molecule has 20 heavy (non-hydrogen) atoms. The normalized spacial score (nSPS) is 10.6. The van der Waals surface area contributed by atoms with Gasteiger partial charge in [0.1, 0.15) is 11.4 Å². The summed E-state index contributed by atoms with van der Waals surface area (Å²) in [6.07, 6.45) is 3.18. The van der Waals surface area contributed by atoms with Crippen LogP contribution in [0.2, 0.25) is 0 Å². The van der Waals surface area contributed by atoms with Crippen molar-refractivity contribution in [3.63, 3.8) is 0 Å². The lowest BCUT2D eigenvalue weighted by molar-refractivity contribution is 0.0699. The summed E-state index contributed by atoms with van der Waals surface area (Å²) >= 11 is 1.49. The molecule has 0 atom stereocenters. The molecule has 5 heteroatoms. The zero-order valence-corrected chi connectivity index (χ0v) is 11.2. The Bertz CT molecular complexity index is 775. The van der Waals surface area contributed by atoms with Crippen LogP contribution in [0.3, 0.4) is 0 Å². The van der Waals surface area contributed by atoms with Gasteiger partial charge in [-0.3, -0.25) is 0 Å². The largest absolute Gasteiger partial charge is 0.478 e. The molecule has 0 unspecified atom stereocenters. The second-order valence-corrected chi connectivity index (χ2v) is 5.17. The predicted octanol–water partition coefficient (Wildman–Crippen LogP) is 3.48. The number of benzene rings is 2. The predicted molar refractivity (Wildman–Crippen MR) is 77.1 cm³/mol. The van der Waals surface area contributed by atoms with Gasteiger partial charge in [-0.05, 0) is 29.0 Å². The summed E-state index contributed by atoms with van der Waals surface area (Å²) in [5, 5.41) is 11.7. The highest BCUT2D eigenvalue weighted by atomic mass is 32.2. The van der Waals surface area contributed by atoms with Crippen LogP contribution in [0.1, 0.15) is 10.4 Å². The molecule has 0 bridgehead atoms. The fourth-order valence-corrected chi connectivity index (χ4v) is 2.88. The zero-order chi connectivity index (χ0) is 13.9. The van der Waals surface area contributed by atoms with Crippen molar-refractivity contribution >= 4 is 28.5 Å². The van der Waals surface area contributed by atoms with E-state index in [-0.39, 0.29) is 0 Å². The first kappa shape index (κ1) is 12.6. The number of nitrogens with zero attached hydrogens (tertiary/aromatic N) is 2. The van der Waals surface area contributed by atoms with Gasteiger partial charge in [0.05, 0.1) is 5.56 Å². The van der Waals surface area contributed by atoms with Gasteiger partial charge in [0.25, 0.3) is 0 Å². The second-order valence-electron chi connectivity index (χ2n) is 4.11. The Morgan fingerprint density at radius 2 is 1.85 bits per heavy atom. The van der Waals surface area contributed by atoms with Crippen LogP contribution in [-0.4, -0.2) is 21.0 Å².